The van der Waals surface area contributed by atoms with Crippen LogP contribution in [0.1, 0.15) is 39.0 Å². The van der Waals surface area contributed by atoms with Crippen LogP contribution in [0.25, 0.3) is 0 Å². The molecule has 3 nitrogen and oxygen atoms in total. The van der Waals surface area contributed by atoms with Gasteiger partial charge in [0.2, 0.25) is 10.0 Å². The Bertz CT molecular complexity index is 271. The van der Waals surface area contributed by atoms with Crippen LogP contribution in [0.5, 0.6) is 0 Å². The maximum absolute atomic E-state index is 11.5. The minimum atomic E-state index is -3.12. The molecule has 0 unspecified atom stereocenters. The van der Waals surface area contributed by atoms with Gasteiger partial charge in [0.05, 0.1) is 5.75 Å². The third-order valence-electron chi connectivity index (χ3n) is 2.82. The van der Waals surface area contributed by atoms with E-state index >= 15 is 0 Å². The van der Waals surface area contributed by atoms with Crippen LogP contribution in [0, 0.1) is 0 Å². The van der Waals surface area contributed by atoms with Crippen LogP contribution >= 0.6 is 11.6 Å². The molecule has 0 aromatic carbocycles. The van der Waals surface area contributed by atoms with Gasteiger partial charge in [-0.05, 0) is 19.8 Å². The number of halogens is 1. The average Bonchev–Trinajstić information content (AvgIpc) is 2.19. The van der Waals surface area contributed by atoms with Gasteiger partial charge in [-0.15, -0.1) is 11.6 Å². The van der Waals surface area contributed by atoms with Gasteiger partial charge in [0.1, 0.15) is 0 Å². The van der Waals surface area contributed by atoms with Crippen molar-refractivity contribution in [3.05, 3.63) is 0 Å². The first-order valence-corrected chi connectivity index (χ1v) is 7.30. The first-order valence-electron chi connectivity index (χ1n) is 5.11. The number of nitrogens with one attached hydrogen (secondary N) is 1. The summed E-state index contributed by atoms with van der Waals surface area (Å²) in [6, 6.07) is 0. The van der Waals surface area contributed by atoms with Crippen molar-refractivity contribution in [2.75, 3.05) is 11.6 Å². The second-order valence-electron chi connectivity index (χ2n) is 3.98. The zero-order valence-corrected chi connectivity index (χ0v) is 10.1. The summed E-state index contributed by atoms with van der Waals surface area (Å²) in [5, 5.41) is 0. The second-order valence-corrected chi connectivity index (χ2v) is 6.26. The molecule has 14 heavy (non-hydrogen) atoms. The van der Waals surface area contributed by atoms with Crippen LogP contribution in [-0.4, -0.2) is 25.6 Å². The number of alkyl halides is 1. The molecular formula is C9H18ClNO2S. The van der Waals surface area contributed by atoms with Gasteiger partial charge < -0.3 is 0 Å². The highest BCUT2D eigenvalue weighted by Crippen LogP contribution is 2.29. The minimum absolute atomic E-state index is 0.131. The SMILES string of the molecule is CCS(=O)(=O)NC1(CCl)CCCCC1. The molecular weight excluding hydrogens is 222 g/mol. The van der Waals surface area contributed by atoms with Gasteiger partial charge >= 0.3 is 0 Å². The Kier molecular flexibility index (Phi) is 4.22. The van der Waals surface area contributed by atoms with Crippen molar-refractivity contribution in [2.24, 2.45) is 0 Å². The summed E-state index contributed by atoms with van der Waals surface area (Å²) >= 11 is 5.87. The lowest BCUT2D eigenvalue weighted by atomic mass is 9.84. The van der Waals surface area contributed by atoms with Gasteiger partial charge in [-0.1, -0.05) is 19.3 Å². The summed E-state index contributed by atoms with van der Waals surface area (Å²) in [5.41, 5.74) is -0.366. The molecule has 0 aliphatic heterocycles. The van der Waals surface area contributed by atoms with Crippen molar-refractivity contribution in [1.29, 1.82) is 0 Å². The predicted octanol–water partition coefficient (Wildman–Crippen LogP) is 1.87. The lowest BCUT2D eigenvalue weighted by molar-refractivity contribution is 0.298. The van der Waals surface area contributed by atoms with Gasteiger partial charge in [-0.25, -0.2) is 13.1 Å². The van der Waals surface area contributed by atoms with E-state index in [0.29, 0.717) is 5.88 Å². The molecule has 0 heterocycles. The highest BCUT2D eigenvalue weighted by molar-refractivity contribution is 7.89. The van der Waals surface area contributed by atoms with E-state index in [4.69, 9.17) is 11.6 Å². The van der Waals surface area contributed by atoms with E-state index in [-0.39, 0.29) is 11.3 Å². The van der Waals surface area contributed by atoms with Crippen LogP contribution in [0.15, 0.2) is 0 Å². The number of hydrogen-bond donors (Lipinski definition) is 1. The Morgan fingerprint density at radius 3 is 2.29 bits per heavy atom. The van der Waals surface area contributed by atoms with E-state index in [1.807, 2.05) is 0 Å². The smallest absolute Gasteiger partial charge is 0.211 e. The Morgan fingerprint density at radius 2 is 1.86 bits per heavy atom. The van der Waals surface area contributed by atoms with Crippen molar-refractivity contribution >= 4 is 21.6 Å². The molecule has 0 saturated heterocycles. The van der Waals surface area contributed by atoms with Crippen LogP contribution in [0.4, 0.5) is 0 Å². The monoisotopic (exact) mass is 239 g/mol. The van der Waals surface area contributed by atoms with Crippen molar-refractivity contribution in [2.45, 2.75) is 44.6 Å². The Labute approximate surface area is 91.3 Å². The predicted molar refractivity (Wildman–Crippen MR) is 59.1 cm³/mol. The molecule has 84 valence electrons. The molecule has 1 aliphatic rings. The number of hydrogen-bond acceptors (Lipinski definition) is 2. The van der Waals surface area contributed by atoms with E-state index in [9.17, 15) is 8.42 Å². The summed E-state index contributed by atoms with van der Waals surface area (Å²) in [6.45, 7) is 1.65. The third kappa shape index (κ3) is 3.11. The molecule has 0 atom stereocenters. The molecule has 1 saturated carbocycles. The lowest BCUT2D eigenvalue weighted by Crippen LogP contribution is -2.51. The van der Waals surface area contributed by atoms with Gasteiger partial charge in [0.15, 0.2) is 0 Å². The van der Waals surface area contributed by atoms with E-state index in [1.54, 1.807) is 6.92 Å². The molecule has 1 rings (SSSR count). The van der Waals surface area contributed by atoms with E-state index < -0.39 is 10.0 Å². The van der Waals surface area contributed by atoms with Crippen molar-refractivity contribution in [3.63, 3.8) is 0 Å². The first-order chi connectivity index (χ1) is 6.54. The summed E-state index contributed by atoms with van der Waals surface area (Å²) < 4.78 is 25.7. The lowest BCUT2D eigenvalue weighted by Gasteiger charge is -2.35. The fraction of sp³-hybridized carbons (Fsp3) is 1.00. The normalized spacial score (nSPS) is 22.1. The fourth-order valence-corrected chi connectivity index (χ4v) is 3.39. The molecule has 0 aromatic rings. The Hall–Kier alpha value is 0.200. The van der Waals surface area contributed by atoms with E-state index in [1.165, 1.54) is 6.42 Å². The highest BCUT2D eigenvalue weighted by Gasteiger charge is 2.34. The van der Waals surface area contributed by atoms with Crippen molar-refractivity contribution in [3.8, 4) is 0 Å². The van der Waals surface area contributed by atoms with Crippen LogP contribution in [0.2, 0.25) is 0 Å². The molecule has 0 bridgehead atoms. The van der Waals surface area contributed by atoms with Crippen molar-refractivity contribution < 1.29 is 8.42 Å². The topological polar surface area (TPSA) is 46.2 Å². The van der Waals surface area contributed by atoms with Gasteiger partial charge in [0, 0.05) is 11.4 Å². The molecule has 0 spiro atoms. The van der Waals surface area contributed by atoms with Gasteiger partial charge in [-0.2, -0.15) is 0 Å². The average molecular weight is 240 g/mol. The second kappa shape index (κ2) is 4.81. The fourth-order valence-electron chi connectivity index (χ4n) is 1.89. The molecule has 0 aromatic heterocycles. The summed E-state index contributed by atoms with van der Waals surface area (Å²) in [6.07, 6.45) is 5.07. The van der Waals surface area contributed by atoms with E-state index in [2.05, 4.69) is 4.72 Å². The molecule has 1 aliphatic carbocycles. The number of rotatable bonds is 4. The minimum Gasteiger partial charge on any atom is -0.212 e. The third-order valence-corrected chi connectivity index (χ3v) is 4.83. The van der Waals surface area contributed by atoms with Crippen LogP contribution < -0.4 is 4.72 Å². The van der Waals surface area contributed by atoms with Gasteiger partial charge in [-0.3, -0.25) is 0 Å². The van der Waals surface area contributed by atoms with Crippen LogP contribution in [0.3, 0.4) is 0 Å². The summed E-state index contributed by atoms with van der Waals surface area (Å²) in [5.74, 6) is 0.512. The van der Waals surface area contributed by atoms with Gasteiger partial charge in [0.25, 0.3) is 0 Å². The molecule has 5 heteroatoms. The zero-order chi connectivity index (χ0) is 10.7. The standard InChI is InChI=1S/C9H18ClNO2S/c1-2-14(12,13)11-9(8-10)6-4-3-5-7-9/h11H,2-8H2,1H3. The summed E-state index contributed by atoms with van der Waals surface area (Å²) in [7, 11) is -3.12. The number of sulfonamides is 1. The molecule has 1 N–H and O–H groups in total. The van der Waals surface area contributed by atoms with Crippen LogP contribution in [-0.2, 0) is 10.0 Å². The highest BCUT2D eigenvalue weighted by atomic mass is 35.5. The zero-order valence-electron chi connectivity index (χ0n) is 8.55. The molecule has 0 amide bonds. The Balaban J connectivity index is 2.70. The Morgan fingerprint density at radius 1 is 1.29 bits per heavy atom. The van der Waals surface area contributed by atoms with E-state index in [0.717, 1.165) is 25.7 Å². The maximum atomic E-state index is 11.5. The largest absolute Gasteiger partial charge is 0.212 e. The molecule has 1 fully saturated rings. The van der Waals surface area contributed by atoms with Crippen molar-refractivity contribution in [1.82, 2.24) is 4.72 Å². The molecule has 0 radical (unpaired) electrons. The quantitative estimate of drug-likeness (QED) is 0.762. The first kappa shape index (κ1) is 12.3. The summed E-state index contributed by atoms with van der Waals surface area (Å²) in [4.78, 5) is 0. The maximum Gasteiger partial charge on any atom is 0.211 e.